The molecule has 92 valence electrons. The Morgan fingerprint density at radius 3 is 2.47 bits per heavy atom. The molecule has 2 heterocycles. The third-order valence-corrected chi connectivity index (χ3v) is 4.00. The molecule has 0 N–H and O–H groups in total. The number of rotatable bonds is 2. The normalized spacial score (nSPS) is 20.9. The van der Waals surface area contributed by atoms with Crippen LogP contribution in [0.3, 0.4) is 0 Å². The molecular weight excluding hydrogens is 364 g/mol. The summed E-state index contributed by atoms with van der Waals surface area (Å²) in [6.07, 6.45) is 2.62. The van der Waals surface area contributed by atoms with E-state index in [4.69, 9.17) is 0 Å². The van der Waals surface area contributed by atoms with Gasteiger partial charge in [0.25, 0.3) is 0 Å². The van der Waals surface area contributed by atoms with Crippen molar-refractivity contribution in [3.05, 3.63) is 16.0 Å². The zero-order valence-electron chi connectivity index (χ0n) is 8.38. The highest BCUT2D eigenvalue weighted by Crippen LogP contribution is 2.23. The van der Waals surface area contributed by atoms with Crippen molar-refractivity contribution in [2.24, 2.45) is 0 Å². The molecule has 0 aromatic carbocycles. The Kier molecular flexibility index (Phi) is 3.30. The van der Waals surface area contributed by atoms with Crippen molar-refractivity contribution >= 4 is 44.7 Å². The van der Waals surface area contributed by atoms with Crippen LogP contribution >= 0.6 is 22.6 Å². The van der Waals surface area contributed by atoms with Crippen molar-refractivity contribution in [1.82, 2.24) is 9.97 Å². The lowest BCUT2D eigenvalue weighted by Crippen LogP contribution is -2.28. The maximum atomic E-state index is 12.8. The van der Waals surface area contributed by atoms with Gasteiger partial charge in [-0.2, -0.15) is 8.42 Å². The quantitative estimate of drug-likeness (QED) is 0.558. The Labute approximate surface area is 111 Å². The third kappa shape index (κ3) is 2.70. The number of hydrogen-bond acceptors (Lipinski definition) is 5. The van der Waals surface area contributed by atoms with E-state index in [0.29, 0.717) is 0 Å². The number of carbonyl (C=O) groups excluding carboxylic acids is 1. The van der Waals surface area contributed by atoms with Crippen LogP contribution in [0.2, 0.25) is 0 Å². The molecule has 1 saturated heterocycles. The van der Waals surface area contributed by atoms with Crippen LogP contribution in [0.15, 0.2) is 12.4 Å². The maximum Gasteiger partial charge on any atom is 0.307 e. The Bertz CT molecular complexity index is 548. The summed E-state index contributed by atoms with van der Waals surface area (Å²) < 4.78 is 35.0. The molecule has 0 bridgehead atoms. The van der Waals surface area contributed by atoms with Gasteiger partial charge in [-0.3, -0.25) is 9.69 Å². The zero-order chi connectivity index (χ0) is 12.6. The van der Waals surface area contributed by atoms with E-state index in [1.165, 1.54) is 12.4 Å². The number of carbonyl (C=O) groups is 1. The molecule has 1 aliphatic heterocycles. The van der Waals surface area contributed by atoms with E-state index >= 15 is 0 Å². The molecule has 0 spiro atoms. The van der Waals surface area contributed by atoms with Crippen LogP contribution in [0, 0.1) is 3.57 Å². The molecule has 0 aliphatic carbocycles. The van der Waals surface area contributed by atoms with Gasteiger partial charge in [-0.25, -0.2) is 9.97 Å². The summed E-state index contributed by atoms with van der Waals surface area (Å²) in [6.45, 7) is -0.238. The van der Waals surface area contributed by atoms with Crippen LogP contribution < -0.4 is 4.90 Å². The second kappa shape index (κ2) is 4.44. The second-order valence-corrected chi connectivity index (χ2v) is 6.37. The van der Waals surface area contributed by atoms with Crippen molar-refractivity contribution in [1.29, 1.82) is 0 Å². The van der Waals surface area contributed by atoms with Crippen LogP contribution in [0.4, 0.5) is 9.83 Å². The van der Waals surface area contributed by atoms with E-state index in [1.807, 2.05) is 22.6 Å². The molecule has 1 aromatic heterocycles. The number of aromatic nitrogens is 2. The van der Waals surface area contributed by atoms with Crippen molar-refractivity contribution in [3.8, 4) is 0 Å². The maximum absolute atomic E-state index is 12.8. The number of nitrogens with zero attached hydrogens (tertiary/aromatic N) is 3. The Morgan fingerprint density at radius 1 is 1.41 bits per heavy atom. The molecule has 0 saturated carbocycles. The minimum Gasteiger partial charge on any atom is -0.279 e. The Morgan fingerprint density at radius 2 is 2.00 bits per heavy atom. The minimum atomic E-state index is -4.70. The average molecular weight is 371 g/mol. The highest BCUT2D eigenvalue weighted by atomic mass is 127. The summed E-state index contributed by atoms with van der Waals surface area (Å²) in [5.74, 6) is -0.390. The number of anilines is 1. The van der Waals surface area contributed by atoms with Crippen LogP contribution in [0.5, 0.6) is 0 Å². The van der Waals surface area contributed by atoms with E-state index in [2.05, 4.69) is 9.97 Å². The van der Waals surface area contributed by atoms with Gasteiger partial charge in [-0.15, -0.1) is 3.89 Å². The highest BCUT2D eigenvalue weighted by Gasteiger charge is 2.40. The topological polar surface area (TPSA) is 80.2 Å². The summed E-state index contributed by atoms with van der Waals surface area (Å²) in [5, 5.41) is -1.32. The lowest BCUT2D eigenvalue weighted by atomic mass is 10.4. The SMILES string of the molecule is O=C1CC(S(=O)(=O)F)CN1c1ncc(I)cn1. The third-order valence-electron chi connectivity index (χ3n) is 2.34. The lowest BCUT2D eigenvalue weighted by Gasteiger charge is -2.12. The predicted octanol–water partition coefficient (Wildman–Crippen LogP) is 0.486. The summed E-state index contributed by atoms with van der Waals surface area (Å²) in [5.41, 5.74) is 0. The molecule has 1 aliphatic rings. The Hall–Kier alpha value is -0.840. The lowest BCUT2D eigenvalue weighted by molar-refractivity contribution is -0.117. The standard InChI is InChI=1S/C8H7FIN3O3S/c9-17(15,16)6-1-7(14)13(4-6)8-11-2-5(10)3-12-8/h2-3,6H,1,4H2. The van der Waals surface area contributed by atoms with Gasteiger partial charge in [-0.05, 0) is 22.6 Å². The van der Waals surface area contributed by atoms with E-state index < -0.39 is 21.4 Å². The average Bonchev–Trinajstić information content (AvgIpc) is 2.61. The summed E-state index contributed by atoms with van der Waals surface area (Å²) in [6, 6.07) is 0. The molecule has 1 unspecified atom stereocenters. The molecule has 6 nitrogen and oxygen atoms in total. The number of hydrogen-bond donors (Lipinski definition) is 0. The Balaban J connectivity index is 2.24. The molecule has 1 amide bonds. The molecule has 2 rings (SSSR count). The van der Waals surface area contributed by atoms with Gasteiger partial charge < -0.3 is 0 Å². The van der Waals surface area contributed by atoms with E-state index in [1.54, 1.807) is 0 Å². The fourth-order valence-electron chi connectivity index (χ4n) is 1.50. The largest absolute Gasteiger partial charge is 0.307 e. The monoisotopic (exact) mass is 371 g/mol. The zero-order valence-corrected chi connectivity index (χ0v) is 11.4. The van der Waals surface area contributed by atoms with Crippen LogP contribution in [0.1, 0.15) is 6.42 Å². The number of amides is 1. The summed E-state index contributed by atoms with van der Waals surface area (Å²) in [7, 11) is -4.70. The first-order valence-corrected chi connectivity index (χ1v) is 7.12. The summed E-state index contributed by atoms with van der Waals surface area (Å²) in [4.78, 5) is 20.4. The van der Waals surface area contributed by atoms with Gasteiger partial charge in [0.1, 0.15) is 5.25 Å². The molecular formula is C8H7FIN3O3S. The smallest absolute Gasteiger partial charge is 0.279 e. The molecule has 17 heavy (non-hydrogen) atoms. The van der Waals surface area contributed by atoms with Gasteiger partial charge >= 0.3 is 10.2 Å². The fraction of sp³-hybridized carbons (Fsp3) is 0.375. The molecule has 1 fully saturated rings. The first-order chi connectivity index (χ1) is 7.88. The first kappa shape index (κ1) is 12.6. The molecule has 0 radical (unpaired) electrons. The van der Waals surface area contributed by atoms with Gasteiger partial charge in [0.15, 0.2) is 0 Å². The van der Waals surface area contributed by atoms with Crippen LogP contribution in [-0.2, 0) is 15.0 Å². The second-order valence-electron chi connectivity index (χ2n) is 3.51. The molecule has 9 heteroatoms. The van der Waals surface area contributed by atoms with E-state index in [-0.39, 0.29) is 18.9 Å². The van der Waals surface area contributed by atoms with Gasteiger partial charge in [0, 0.05) is 28.9 Å². The molecule has 1 aromatic rings. The first-order valence-electron chi connectivity index (χ1n) is 4.59. The van der Waals surface area contributed by atoms with Crippen molar-refractivity contribution in [3.63, 3.8) is 0 Å². The molecule has 1 atom stereocenters. The van der Waals surface area contributed by atoms with Gasteiger partial charge in [0.05, 0.1) is 0 Å². The van der Waals surface area contributed by atoms with Crippen LogP contribution in [0.25, 0.3) is 0 Å². The van der Waals surface area contributed by atoms with E-state index in [9.17, 15) is 17.1 Å². The van der Waals surface area contributed by atoms with E-state index in [0.717, 1.165) is 8.47 Å². The highest BCUT2D eigenvalue weighted by molar-refractivity contribution is 14.1. The predicted molar refractivity (Wildman–Crippen MR) is 65.5 cm³/mol. The van der Waals surface area contributed by atoms with Crippen molar-refractivity contribution in [2.75, 3.05) is 11.4 Å². The van der Waals surface area contributed by atoms with Crippen molar-refractivity contribution in [2.45, 2.75) is 11.7 Å². The van der Waals surface area contributed by atoms with Gasteiger partial charge in [-0.1, -0.05) is 0 Å². The van der Waals surface area contributed by atoms with Gasteiger partial charge in [0.2, 0.25) is 11.9 Å². The fourth-order valence-corrected chi connectivity index (χ4v) is 2.45. The summed E-state index contributed by atoms with van der Waals surface area (Å²) >= 11 is 2.00. The van der Waals surface area contributed by atoms with Crippen molar-refractivity contribution < 1.29 is 17.1 Å². The minimum absolute atomic E-state index is 0.0987. The van der Waals surface area contributed by atoms with Crippen LogP contribution in [-0.4, -0.2) is 36.1 Å². The number of halogens is 2.